The van der Waals surface area contributed by atoms with E-state index in [1.165, 1.54) is 0 Å². The summed E-state index contributed by atoms with van der Waals surface area (Å²) in [6.07, 6.45) is 2.81. The second kappa shape index (κ2) is 12.8. The van der Waals surface area contributed by atoms with Gasteiger partial charge in [0, 0.05) is 0 Å². The fraction of sp³-hybridized carbons (Fsp3) is 0.778. The second-order valence-corrected chi connectivity index (χ2v) is 26.6. The molecule has 0 bridgehead atoms. The third-order valence-electron chi connectivity index (χ3n) is 7.33. The molecule has 0 saturated carbocycles. The third kappa shape index (κ3) is 7.05. The molecule has 0 aliphatic carbocycles. The average Bonchev–Trinajstić information content (AvgIpc) is 3.26. The van der Waals surface area contributed by atoms with E-state index >= 15 is 0 Å². The van der Waals surface area contributed by atoms with Gasteiger partial charge >= 0.3 is 224 Å². The van der Waals surface area contributed by atoms with Gasteiger partial charge in [-0.3, -0.25) is 0 Å². The molecule has 0 N–H and O–H groups in total. The van der Waals surface area contributed by atoms with Crippen LogP contribution in [0.25, 0.3) is 0 Å². The van der Waals surface area contributed by atoms with Gasteiger partial charge in [0.1, 0.15) is 0 Å². The van der Waals surface area contributed by atoms with Crippen LogP contribution in [0.15, 0.2) is 24.3 Å². The van der Waals surface area contributed by atoms with E-state index in [1.54, 1.807) is 7.11 Å². The molecule has 36 heavy (non-hydrogen) atoms. The predicted octanol–water partition coefficient (Wildman–Crippen LogP) is 6.02. The zero-order valence-corrected chi connectivity index (χ0v) is 26.8. The maximum absolute atomic E-state index is 7.06. The van der Waals surface area contributed by atoms with E-state index in [0.717, 1.165) is 51.9 Å². The van der Waals surface area contributed by atoms with Crippen molar-refractivity contribution in [3.05, 3.63) is 29.8 Å². The van der Waals surface area contributed by atoms with E-state index in [4.69, 9.17) is 29.8 Å². The quantitative estimate of drug-likeness (QED) is 0.263. The Morgan fingerprint density at radius 3 is 2.19 bits per heavy atom. The van der Waals surface area contributed by atoms with E-state index in [2.05, 4.69) is 33.5 Å². The van der Waals surface area contributed by atoms with Crippen LogP contribution in [0, 0.1) is 0 Å². The van der Waals surface area contributed by atoms with Gasteiger partial charge in [0.2, 0.25) is 0 Å². The summed E-state index contributed by atoms with van der Waals surface area (Å²) < 4.78 is 47.1. The first kappa shape index (κ1) is 28.8. The van der Waals surface area contributed by atoms with Crippen molar-refractivity contribution in [2.45, 2.75) is 111 Å². The molecule has 6 atom stereocenters. The predicted molar refractivity (Wildman–Crippen MR) is 144 cm³/mol. The molecule has 3 fully saturated rings. The Bertz CT molecular complexity index is 809. The Kier molecular flexibility index (Phi) is 10.2. The van der Waals surface area contributed by atoms with E-state index < -0.39 is 39.9 Å². The number of ether oxygens (including phenoxy) is 5. The zero-order valence-electron chi connectivity index (χ0n) is 23.0. The summed E-state index contributed by atoms with van der Waals surface area (Å²) in [4.78, 5) is 0. The minimum atomic E-state index is -3.31. The number of methoxy groups -OCH3 is 1. The van der Waals surface area contributed by atoms with Gasteiger partial charge in [-0.2, -0.15) is 0 Å². The van der Waals surface area contributed by atoms with Gasteiger partial charge in [-0.05, 0) is 0 Å². The summed E-state index contributed by atoms with van der Waals surface area (Å²) in [5.74, 6) is 0.810. The third-order valence-corrected chi connectivity index (χ3v) is 19.4. The summed E-state index contributed by atoms with van der Waals surface area (Å²) in [7, 11) is 0.443. The standard InChI is InChI=1S/C19H28O7Si.2C4H9.Sn/c1-22-13-7-5-12(6-8-13)18-24-11-14-17(26-18)15(20)16(21)19(25-14)23-9-10-27(2,3)4;2*1-3-4-2;/h5-8,14-19H,9-11H2,1-4H3;2*1,3-4H2,2H3;/q-2;;;+2/t14-,15-,16-,17-,18-,19-;;;/m1.../s1. The Labute approximate surface area is 223 Å². The van der Waals surface area contributed by atoms with Crippen LogP contribution in [0.2, 0.25) is 34.6 Å². The van der Waals surface area contributed by atoms with Gasteiger partial charge in [-0.1, -0.05) is 0 Å². The van der Waals surface area contributed by atoms with Gasteiger partial charge < -0.3 is 0 Å². The summed E-state index contributed by atoms with van der Waals surface area (Å²) in [6.45, 7) is 12.7. The van der Waals surface area contributed by atoms with Gasteiger partial charge in [0.15, 0.2) is 0 Å². The van der Waals surface area contributed by atoms with Crippen LogP contribution in [-0.4, -0.2) is 78.3 Å². The normalized spacial score (nSPS) is 31.6. The van der Waals surface area contributed by atoms with Crippen molar-refractivity contribution < 1.29 is 29.8 Å². The van der Waals surface area contributed by atoms with Crippen LogP contribution >= 0.6 is 0 Å². The SMILES string of the molecule is CCC[CH2][Sn]1([CH2]CCC)[O][C@@H]2[C@@H]([O]1)[C@H](OCC[Si](C)(C)C)O[C@@H]1CO[C@@H](c3ccc(OC)cc3)O[C@@H]21. The van der Waals surface area contributed by atoms with Gasteiger partial charge in [-0.25, -0.2) is 0 Å². The monoisotopic (exact) mass is 630 g/mol. The molecule has 9 heteroatoms. The van der Waals surface area contributed by atoms with Crippen molar-refractivity contribution in [3.63, 3.8) is 0 Å². The van der Waals surface area contributed by atoms with E-state index in [9.17, 15) is 0 Å². The number of hydrogen-bond acceptors (Lipinski definition) is 7. The first-order chi connectivity index (χ1) is 17.3. The van der Waals surface area contributed by atoms with Gasteiger partial charge in [0.25, 0.3) is 0 Å². The fourth-order valence-electron chi connectivity index (χ4n) is 5.13. The molecule has 0 radical (unpaired) electrons. The van der Waals surface area contributed by atoms with Crippen LogP contribution in [-0.2, 0) is 25.1 Å². The Balaban J connectivity index is 1.54. The van der Waals surface area contributed by atoms with E-state index in [1.807, 2.05) is 24.3 Å². The molecule has 3 heterocycles. The Morgan fingerprint density at radius 1 is 0.917 bits per heavy atom. The molecule has 1 aromatic rings. The first-order valence-corrected chi connectivity index (χ1v) is 23.9. The van der Waals surface area contributed by atoms with Gasteiger partial charge in [0.05, 0.1) is 0 Å². The van der Waals surface area contributed by atoms with E-state index in [-0.39, 0.29) is 24.4 Å². The van der Waals surface area contributed by atoms with Crippen molar-refractivity contribution >= 4 is 27.3 Å². The summed E-state index contributed by atoms with van der Waals surface area (Å²) >= 11 is -3.31. The average molecular weight is 629 g/mol. The van der Waals surface area contributed by atoms with Crippen LogP contribution in [0.5, 0.6) is 5.75 Å². The molecule has 0 aromatic heterocycles. The molecular weight excluding hydrogens is 583 g/mol. The van der Waals surface area contributed by atoms with Crippen LogP contribution in [0.3, 0.4) is 0 Å². The van der Waals surface area contributed by atoms with Crippen molar-refractivity contribution in [2.24, 2.45) is 0 Å². The molecular formula is C27H46O7SiSn. The molecule has 4 rings (SSSR count). The number of hydrogen-bond donors (Lipinski definition) is 0. The molecule has 1 aromatic carbocycles. The maximum atomic E-state index is 7.06. The molecule has 3 aliphatic rings. The Morgan fingerprint density at radius 2 is 1.58 bits per heavy atom. The zero-order chi connectivity index (χ0) is 25.8. The second-order valence-electron chi connectivity index (χ2n) is 11.5. The number of rotatable bonds is 12. The summed E-state index contributed by atoms with van der Waals surface area (Å²) in [6, 6.07) is 8.94. The number of benzene rings is 1. The first-order valence-electron chi connectivity index (χ1n) is 13.8. The minimum absolute atomic E-state index is 0.171. The summed E-state index contributed by atoms with van der Waals surface area (Å²) in [5, 5.41) is 0. The fourth-order valence-corrected chi connectivity index (χ4v) is 17.5. The molecule has 0 unspecified atom stereocenters. The van der Waals surface area contributed by atoms with E-state index in [0.29, 0.717) is 13.2 Å². The van der Waals surface area contributed by atoms with Crippen molar-refractivity contribution in [1.29, 1.82) is 0 Å². The molecule has 0 spiro atoms. The number of fused-ring (bicyclic) bond motifs is 3. The summed E-state index contributed by atoms with van der Waals surface area (Å²) in [5.41, 5.74) is 0.963. The van der Waals surface area contributed by atoms with Crippen LogP contribution in [0.1, 0.15) is 51.4 Å². The molecule has 7 nitrogen and oxygen atoms in total. The Hall–Kier alpha value is -0.204. The molecule has 0 amide bonds. The molecule has 3 saturated heterocycles. The van der Waals surface area contributed by atoms with Crippen LogP contribution in [0.4, 0.5) is 0 Å². The number of unbranched alkanes of at least 4 members (excludes halogenated alkanes) is 2. The van der Waals surface area contributed by atoms with Gasteiger partial charge in [-0.15, -0.1) is 0 Å². The van der Waals surface area contributed by atoms with Crippen molar-refractivity contribution in [3.8, 4) is 5.75 Å². The van der Waals surface area contributed by atoms with Crippen LogP contribution < -0.4 is 4.74 Å². The van der Waals surface area contributed by atoms with Crippen molar-refractivity contribution in [1.82, 2.24) is 0 Å². The molecule has 204 valence electrons. The topological polar surface area (TPSA) is 64.6 Å². The van der Waals surface area contributed by atoms with Crippen molar-refractivity contribution in [2.75, 3.05) is 20.3 Å². The molecule has 3 aliphatic heterocycles.